The Bertz CT molecular complexity index is 677. The molecule has 0 atom stereocenters. The van der Waals surface area contributed by atoms with E-state index in [1.165, 1.54) is 0 Å². The van der Waals surface area contributed by atoms with Crippen LogP contribution in [0.25, 0.3) is 0 Å². The molecule has 11 heteroatoms. The van der Waals surface area contributed by atoms with Crippen molar-refractivity contribution < 1.29 is 22.8 Å². The maximum absolute atomic E-state index is 12.5. The molecule has 0 saturated heterocycles. The van der Waals surface area contributed by atoms with Gasteiger partial charge in [0.15, 0.2) is 5.75 Å². The highest BCUT2D eigenvalue weighted by Gasteiger charge is 2.33. The van der Waals surface area contributed by atoms with Gasteiger partial charge in [-0.25, -0.2) is 0 Å². The van der Waals surface area contributed by atoms with Gasteiger partial charge in [0.25, 0.3) is 0 Å². The first-order valence-electron chi connectivity index (χ1n) is 5.24. The smallest absolute Gasteiger partial charge is 0.416 e. The molecule has 2 rings (SSSR count). The van der Waals surface area contributed by atoms with Crippen molar-refractivity contribution in [2.75, 3.05) is 0 Å². The molecule has 0 spiro atoms. The Morgan fingerprint density at radius 2 is 2.14 bits per heavy atom. The number of benzene rings is 1. The second-order valence-electron chi connectivity index (χ2n) is 3.72. The van der Waals surface area contributed by atoms with Crippen molar-refractivity contribution in [1.29, 1.82) is 0 Å². The van der Waals surface area contributed by atoms with Crippen molar-refractivity contribution in [3.8, 4) is 5.75 Å². The van der Waals surface area contributed by atoms with Gasteiger partial charge >= 0.3 is 11.9 Å². The molecule has 0 aliphatic heterocycles. The topological polar surface area (TPSA) is 78.2 Å². The lowest BCUT2D eigenvalue weighted by molar-refractivity contribution is -0.386. The maximum atomic E-state index is 12.5. The Morgan fingerprint density at radius 1 is 1.43 bits per heavy atom. The van der Waals surface area contributed by atoms with Crippen LogP contribution >= 0.6 is 23.1 Å². The van der Waals surface area contributed by atoms with Crippen LogP contribution in [0.2, 0.25) is 4.34 Å². The van der Waals surface area contributed by atoms with Crippen molar-refractivity contribution in [3.05, 3.63) is 43.9 Å². The minimum absolute atomic E-state index is 0.235. The largest absolute Gasteiger partial charge is 0.480 e. The van der Waals surface area contributed by atoms with E-state index < -0.39 is 22.4 Å². The zero-order valence-electron chi connectivity index (χ0n) is 9.93. The predicted molar refractivity (Wildman–Crippen MR) is 67.3 cm³/mol. The van der Waals surface area contributed by atoms with E-state index in [4.69, 9.17) is 16.3 Å². The first-order valence-corrected chi connectivity index (χ1v) is 6.39. The molecule has 0 bridgehead atoms. The highest BCUT2D eigenvalue weighted by atomic mass is 35.5. The summed E-state index contributed by atoms with van der Waals surface area (Å²) in [4.78, 5) is 9.88. The number of hydrogen-bond donors (Lipinski definition) is 0. The van der Waals surface area contributed by atoms with Gasteiger partial charge in [0, 0.05) is 17.6 Å². The third-order valence-electron chi connectivity index (χ3n) is 2.36. The predicted octanol–water partition coefficient (Wildman–Crippen LogP) is 3.70. The van der Waals surface area contributed by atoms with Crippen molar-refractivity contribution in [3.63, 3.8) is 0 Å². The maximum Gasteiger partial charge on any atom is 0.416 e. The second kappa shape index (κ2) is 5.82. The Balaban J connectivity index is 2.27. The summed E-state index contributed by atoms with van der Waals surface area (Å²) in [5.41, 5.74) is -1.67. The molecule has 2 aromatic rings. The molecule has 0 fully saturated rings. The molecular weight excluding hydrogens is 335 g/mol. The third-order valence-corrected chi connectivity index (χ3v) is 3.34. The average Bonchev–Trinajstić information content (AvgIpc) is 2.80. The van der Waals surface area contributed by atoms with Crippen molar-refractivity contribution in [2.24, 2.45) is 0 Å². The zero-order valence-corrected chi connectivity index (χ0v) is 11.5. The van der Waals surface area contributed by atoms with Gasteiger partial charge in [0.2, 0.25) is 0 Å². The Kier molecular flexibility index (Phi) is 4.28. The molecule has 1 heterocycles. The molecule has 0 N–H and O–H groups in total. The van der Waals surface area contributed by atoms with E-state index in [1.54, 1.807) is 0 Å². The number of aromatic nitrogens is 2. The van der Waals surface area contributed by atoms with Crippen LogP contribution in [-0.4, -0.2) is 14.5 Å². The van der Waals surface area contributed by atoms with Gasteiger partial charge in [-0.3, -0.25) is 10.1 Å². The fourth-order valence-electron chi connectivity index (χ4n) is 1.39. The summed E-state index contributed by atoms with van der Waals surface area (Å²) in [5, 5.41) is 14.5. The fraction of sp³-hybridized carbons (Fsp3) is 0.200. The van der Waals surface area contributed by atoms with Gasteiger partial charge in [-0.2, -0.15) is 13.2 Å². The molecule has 0 aliphatic carbocycles. The fourth-order valence-corrected chi connectivity index (χ4v) is 1.99. The van der Waals surface area contributed by atoms with Gasteiger partial charge < -0.3 is 4.74 Å². The molecule has 21 heavy (non-hydrogen) atoms. The summed E-state index contributed by atoms with van der Waals surface area (Å²) in [7, 11) is 0. The molecule has 6 nitrogen and oxygen atoms in total. The summed E-state index contributed by atoms with van der Waals surface area (Å²) in [6.07, 6.45) is -4.68. The minimum Gasteiger partial charge on any atom is -0.480 e. The number of nitro groups is 1. The van der Waals surface area contributed by atoms with Crippen molar-refractivity contribution >= 4 is 28.8 Å². The lowest BCUT2D eigenvalue weighted by Crippen LogP contribution is -2.07. The number of nitrogens with zero attached hydrogens (tertiary/aromatic N) is 3. The molecule has 0 saturated carbocycles. The van der Waals surface area contributed by atoms with Crippen LogP contribution < -0.4 is 4.74 Å². The number of nitro benzene ring substituents is 1. The van der Waals surface area contributed by atoms with Crippen molar-refractivity contribution in [1.82, 2.24) is 9.59 Å². The van der Waals surface area contributed by atoms with Gasteiger partial charge in [0.1, 0.15) is 16.6 Å². The van der Waals surface area contributed by atoms with E-state index in [-0.39, 0.29) is 22.4 Å². The molecule has 0 unspecified atom stereocenters. The van der Waals surface area contributed by atoms with Gasteiger partial charge in [-0.05, 0) is 12.1 Å². The average molecular weight is 340 g/mol. The quantitative estimate of drug-likeness (QED) is 0.627. The summed E-state index contributed by atoms with van der Waals surface area (Å²) < 4.78 is 46.5. The Morgan fingerprint density at radius 3 is 2.67 bits per heavy atom. The molecule has 1 aromatic carbocycles. The van der Waals surface area contributed by atoms with Crippen LogP contribution in [0.3, 0.4) is 0 Å². The standard InChI is InChI=1S/C10H5ClF3N3O3S/c11-9-6(15-16-21-9)4-20-8-2-1-5(10(12,13)14)3-7(8)17(18)19/h1-3H,4H2. The lowest BCUT2D eigenvalue weighted by Gasteiger charge is -2.09. The lowest BCUT2D eigenvalue weighted by atomic mass is 10.2. The highest BCUT2D eigenvalue weighted by Crippen LogP contribution is 2.36. The number of hydrogen-bond acceptors (Lipinski definition) is 6. The molecule has 0 amide bonds. The van der Waals surface area contributed by atoms with Gasteiger partial charge in [-0.1, -0.05) is 16.1 Å². The molecule has 1 aromatic heterocycles. The first-order chi connectivity index (χ1) is 9.79. The van der Waals surface area contributed by atoms with Crippen LogP contribution in [0.5, 0.6) is 5.75 Å². The number of ether oxygens (including phenoxy) is 1. The van der Waals surface area contributed by atoms with Crippen LogP contribution in [0.15, 0.2) is 18.2 Å². The minimum atomic E-state index is -4.68. The molecule has 0 aliphatic rings. The monoisotopic (exact) mass is 339 g/mol. The van der Waals surface area contributed by atoms with Crippen LogP contribution in [0.4, 0.5) is 18.9 Å². The van der Waals surface area contributed by atoms with Crippen LogP contribution in [-0.2, 0) is 12.8 Å². The summed E-state index contributed by atoms with van der Waals surface area (Å²) in [5.74, 6) is -0.308. The number of alkyl halides is 3. The molecule has 0 radical (unpaired) electrons. The van der Waals surface area contributed by atoms with Crippen LogP contribution in [0, 0.1) is 10.1 Å². The van der Waals surface area contributed by atoms with E-state index in [2.05, 4.69) is 9.59 Å². The van der Waals surface area contributed by atoms with E-state index in [1.807, 2.05) is 0 Å². The van der Waals surface area contributed by atoms with Crippen LogP contribution in [0.1, 0.15) is 11.3 Å². The second-order valence-corrected chi connectivity index (χ2v) is 5.08. The normalized spacial score (nSPS) is 11.4. The van der Waals surface area contributed by atoms with E-state index >= 15 is 0 Å². The SMILES string of the molecule is O=[N+]([O-])c1cc(C(F)(F)F)ccc1OCc1nnsc1Cl. The van der Waals surface area contributed by atoms with Gasteiger partial charge in [0.05, 0.1) is 10.5 Å². The summed E-state index contributed by atoms with van der Waals surface area (Å²) in [6, 6.07) is 1.99. The summed E-state index contributed by atoms with van der Waals surface area (Å²) in [6.45, 7) is -0.235. The molecular formula is C10H5ClF3N3O3S. The van der Waals surface area contributed by atoms with Gasteiger partial charge in [-0.15, -0.1) is 5.10 Å². The van der Waals surface area contributed by atoms with Crippen molar-refractivity contribution in [2.45, 2.75) is 12.8 Å². The van der Waals surface area contributed by atoms with E-state index in [0.29, 0.717) is 12.1 Å². The third kappa shape index (κ3) is 3.58. The number of halogens is 4. The first kappa shape index (κ1) is 15.4. The van der Waals surface area contributed by atoms with E-state index in [9.17, 15) is 23.3 Å². The number of rotatable bonds is 4. The molecule has 112 valence electrons. The summed E-state index contributed by atoms with van der Waals surface area (Å²) >= 11 is 6.62. The Labute approximate surface area is 124 Å². The Hall–Kier alpha value is -1.94. The zero-order chi connectivity index (χ0) is 15.6. The van der Waals surface area contributed by atoms with E-state index in [0.717, 1.165) is 17.6 Å². The highest BCUT2D eigenvalue weighted by molar-refractivity contribution is 7.10.